The van der Waals surface area contributed by atoms with Crippen LogP contribution in [0, 0.1) is 11.8 Å². The Morgan fingerprint density at radius 3 is 2.38 bits per heavy atom. The van der Waals surface area contributed by atoms with Gasteiger partial charge in [0.1, 0.15) is 23.4 Å². The molecule has 0 amide bonds. The van der Waals surface area contributed by atoms with Crippen molar-refractivity contribution in [3.8, 4) is 28.7 Å². The molecule has 7 heteroatoms. The standard InChI is InChI=1S/C33H36O7/c1-18(20-5-8-24(34)9-6-20)3-4-21-12-26(36)16-32-27(21)17-28(23-13-25(35)11-19(2)30(38)15-23)33(40-32)22-7-10-29(37)31(39)14-22/h5-10,12-14,16,18-19,28,30,33-34,36-39H,3-4,11,15,17H2,1-2H3. The van der Waals surface area contributed by atoms with Crippen LogP contribution in [0.3, 0.4) is 0 Å². The second kappa shape index (κ2) is 11.3. The summed E-state index contributed by atoms with van der Waals surface area (Å²) in [6.07, 6.45) is 2.98. The lowest BCUT2D eigenvalue weighted by molar-refractivity contribution is -0.115. The van der Waals surface area contributed by atoms with E-state index in [1.54, 1.807) is 36.4 Å². The van der Waals surface area contributed by atoms with Crippen molar-refractivity contribution in [1.82, 2.24) is 0 Å². The summed E-state index contributed by atoms with van der Waals surface area (Å²) in [5.74, 6) is 0.0406. The molecule has 3 aromatic rings. The largest absolute Gasteiger partial charge is 0.508 e. The minimum absolute atomic E-state index is 0.0363. The third-order valence-corrected chi connectivity index (χ3v) is 8.41. The maximum absolute atomic E-state index is 12.8. The first-order valence-electron chi connectivity index (χ1n) is 13.8. The van der Waals surface area contributed by atoms with Gasteiger partial charge >= 0.3 is 0 Å². The molecule has 5 rings (SSSR count). The molecular weight excluding hydrogens is 508 g/mol. The van der Waals surface area contributed by atoms with Gasteiger partial charge in [-0.15, -0.1) is 0 Å². The molecule has 2 aliphatic rings. The van der Waals surface area contributed by atoms with Crippen LogP contribution in [0.1, 0.15) is 67.4 Å². The third kappa shape index (κ3) is 5.80. The number of hydrogen-bond donors (Lipinski definition) is 5. The van der Waals surface area contributed by atoms with E-state index in [0.29, 0.717) is 30.6 Å². The summed E-state index contributed by atoms with van der Waals surface area (Å²) in [6, 6.07) is 15.1. The number of rotatable bonds is 6. The number of ether oxygens (including phenoxy) is 1. The van der Waals surface area contributed by atoms with Crippen molar-refractivity contribution in [3.05, 3.63) is 88.5 Å². The van der Waals surface area contributed by atoms with E-state index >= 15 is 0 Å². The van der Waals surface area contributed by atoms with E-state index in [-0.39, 0.29) is 53.0 Å². The number of allylic oxidation sites excluding steroid dienone is 1. The third-order valence-electron chi connectivity index (χ3n) is 8.41. The van der Waals surface area contributed by atoms with Crippen LogP contribution in [-0.4, -0.2) is 37.4 Å². The summed E-state index contributed by atoms with van der Waals surface area (Å²) in [4.78, 5) is 12.8. The van der Waals surface area contributed by atoms with Crippen molar-refractivity contribution >= 4 is 5.78 Å². The van der Waals surface area contributed by atoms with Crippen LogP contribution in [0.4, 0.5) is 0 Å². The fraction of sp³-hybridized carbons (Fsp3) is 0.364. The number of aryl methyl sites for hydroxylation is 1. The van der Waals surface area contributed by atoms with Gasteiger partial charge in [-0.2, -0.15) is 0 Å². The first-order chi connectivity index (χ1) is 19.1. The number of phenolic OH excluding ortho intramolecular Hbond substituents is 4. The lowest BCUT2D eigenvalue weighted by Crippen LogP contribution is -2.30. The Balaban J connectivity index is 1.51. The molecule has 0 spiro atoms. The highest BCUT2D eigenvalue weighted by Crippen LogP contribution is 2.47. The molecule has 0 fully saturated rings. The molecule has 1 heterocycles. The molecule has 7 nitrogen and oxygen atoms in total. The number of carbonyl (C=O) groups is 1. The van der Waals surface area contributed by atoms with Gasteiger partial charge in [0.15, 0.2) is 17.3 Å². The first kappa shape index (κ1) is 27.6. The van der Waals surface area contributed by atoms with Crippen LogP contribution in [0.2, 0.25) is 0 Å². The second-order valence-electron chi connectivity index (χ2n) is 11.3. The molecule has 40 heavy (non-hydrogen) atoms. The minimum atomic E-state index is -0.668. The number of aliphatic hydroxyl groups excluding tert-OH is 1. The Hall–Kier alpha value is -3.97. The van der Waals surface area contributed by atoms with Crippen molar-refractivity contribution in [3.63, 3.8) is 0 Å². The fourth-order valence-electron chi connectivity index (χ4n) is 5.96. The predicted octanol–water partition coefficient (Wildman–Crippen LogP) is 5.82. The molecule has 1 aliphatic carbocycles. The van der Waals surface area contributed by atoms with E-state index in [1.165, 1.54) is 12.1 Å². The highest BCUT2D eigenvalue weighted by atomic mass is 16.5. The fourth-order valence-corrected chi connectivity index (χ4v) is 5.96. The number of aliphatic hydroxyl groups is 1. The topological polar surface area (TPSA) is 127 Å². The summed E-state index contributed by atoms with van der Waals surface area (Å²) >= 11 is 0. The van der Waals surface area contributed by atoms with E-state index in [2.05, 4.69) is 6.92 Å². The zero-order valence-electron chi connectivity index (χ0n) is 22.7. The van der Waals surface area contributed by atoms with E-state index in [1.807, 2.05) is 19.1 Å². The van der Waals surface area contributed by atoms with Crippen LogP contribution >= 0.6 is 0 Å². The molecule has 210 valence electrons. The number of carbonyl (C=O) groups excluding carboxylic acids is 1. The average molecular weight is 545 g/mol. The zero-order valence-corrected chi connectivity index (χ0v) is 22.7. The molecule has 5 atom stereocenters. The van der Waals surface area contributed by atoms with Gasteiger partial charge in [-0.25, -0.2) is 0 Å². The van der Waals surface area contributed by atoms with Gasteiger partial charge in [0.05, 0.1) is 6.10 Å². The normalized spacial score (nSPS) is 23.5. The molecule has 1 aliphatic heterocycles. The summed E-state index contributed by atoms with van der Waals surface area (Å²) < 4.78 is 6.53. The zero-order chi connectivity index (χ0) is 28.6. The number of benzene rings is 3. The van der Waals surface area contributed by atoms with E-state index in [9.17, 15) is 30.3 Å². The Morgan fingerprint density at radius 1 is 0.900 bits per heavy atom. The predicted molar refractivity (Wildman–Crippen MR) is 151 cm³/mol. The highest BCUT2D eigenvalue weighted by Gasteiger charge is 2.38. The molecule has 0 bridgehead atoms. The maximum atomic E-state index is 12.8. The van der Waals surface area contributed by atoms with Gasteiger partial charge < -0.3 is 30.3 Å². The molecule has 0 radical (unpaired) electrons. The maximum Gasteiger partial charge on any atom is 0.157 e. The van der Waals surface area contributed by atoms with Gasteiger partial charge in [0, 0.05) is 18.4 Å². The molecule has 5 unspecified atom stereocenters. The van der Waals surface area contributed by atoms with Gasteiger partial charge in [-0.05, 0) is 96.2 Å². The highest BCUT2D eigenvalue weighted by molar-refractivity contribution is 5.91. The van der Waals surface area contributed by atoms with Crippen molar-refractivity contribution in [1.29, 1.82) is 0 Å². The Kier molecular flexibility index (Phi) is 7.76. The average Bonchev–Trinajstić information content (AvgIpc) is 3.04. The van der Waals surface area contributed by atoms with Gasteiger partial charge in [0.25, 0.3) is 0 Å². The molecular formula is C33H36O7. The minimum Gasteiger partial charge on any atom is -0.508 e. The lowest BCUT2D eigenvalue weighted by Gasteiger charge is -2.37. The van der Waals surface area contributed by atoms with E-state index < -0.39 is 12.2 Å². The molecule has 0 saturated carbocycles. The Morgan fingerprint density at radius 2 is 1.65 bits per heavy atom. The van der Waals surface area contributed by atoms with E-state index in [4.69, 9.17) is 4.74 Å². The second-order valence-corrected chi connectivity index (χ2v) is 11.3. The Bertz CT molecular complexity index is 1430. The van der Waals surface area contributed by atoms with Gasteiger partial charge in [-0.1, -0.05) is 37.6 Å². The van der Waals surface area contributed by atoms with Crippen LogP contribution in [0.15, 0.2) is 66.2 Å². The smallest absolute Gasteiger partial charge is 0.157 e. The van der Waals surface area contributed by atoms with Crippen molar-refractivity contribution in [2.45, 2.75) is 64.1 Å². The molecule has 5 N–H and O–H groups in total. The lowest BCUT2D eigenvalue weighted by atomic mass is 9.77. The number of fused-ring (bicyclic) bond motifs is 1. The van der Waals surface area contributed by atoms with Crippen LogP contribution in [0.5, 0.6) is 28.7 Å². The number of hydrogen-bond acceptors (Lipinski definition) is 7. The van der Waals surface area contributed by atoms with Crippen LogP contribution < -0.4 is 4.74 Å². The van der Waals surface area contributed by atoms with Crippen molar-refractivity contribution in [2.75, 3.05) is 0 Å². The summed E-state index contributed by atoms with van der Waals surface area (Å²) in [7, 11) is 0. The van der Waals surface area contributed by atoms with Crippen LogP contribution in [-0.2, 0) is 17.6 Å². The monoisotopic (exact) mass is 544 g/mol. The molecule has 0 aromatic heterocycles. The van der Waals surface area contributed by atoms with Gasteiger partial charge in [0.2, 0.25) is 0 Å². The molecule has 0 saturated heterocycles. The SMILES string of the molecule is CC(CCc1cc(O)cc2c1CC(C1=CC(=O)CC(C)C(O)C1)C(c1ccc(O)c(O)c1)O2)c1ccc(O)cc1. The van der Waals surface area contributed by atoms with Crippen molar-refractivity contribution in [2.24, 2.45) is 11.8 Å². The van der Waals surface area contributed by atoms with Gasteiger partial charge in [-0.3, -0.25) is 4.79 Å². The first-order valence-corrected chi connectivity index (χ1v) is 13.8. The van der Waals surface area contributed by atoms with E-state index in [0.717, 1.165) is 28.7 Å². The number of phenols is 4. The number of ketones is 1. The summed E-state index contributed by atoms with van der Waals surface area (Å²) in [5.41, 5.74) is 4.42. The number of aromatic hydroxyl groups is 4. The van der Waals surface area contributed by atoms with Crippen LogP contribution in [0.25, 0.3) is 0 Å². The Labute approximate surface area is 234 Å². The molecule has 3 aromatic carbocycles. The summed E-state index contributed by atoms with van der Waals surface area (Å²) in [5, 5.41) is 51.2. The van der Waals surface area contributed by atoms with Crippen molar-refractivity contribution < 1.29 is 35.1 Å². The summed E-state index contributed by atoms with van der Waals surface area (Å²) in [6.45, 7) is 4.00. The quantitative estimate of drug-likeness (QED) is 0.247.